The zero-order valence-electron chi connectivity index (χ0n) is 8.80. The molecule has 0 aromatic heterocycles. The van der Waals surface area contributed by atoms with E-state index in [2.05, 4.69) is 0 Å². The molecule has 0 bridgehead atoms. The van der Waals surface area contributed by atoms with Gasteiger partial charge in [-0.1, -0.05) is 19.9 Å². The van der Waals surface area contributed by atoms with E-state index < -0.39 is 23.1 Å². The van der Waals surface area contributed by atoms with Gasteiger partial charge in [0.2, 0.25) is 0 Å². The molecule has 0 radical (unpaired) electrons. The highest BCUT2D eigenvalue weighted by molar-refractivity contribution is 5.22. The molecule has 0 aliphatic heterocycles. The van der Waals surface area contributed by atoms with Crippen molar-refractivity contribution in [2.24, 2.45) is 11.1 Å². The summed E-state index contributed by atoms with van der Waals surface area (Å²) in [6.07, 6.45) is 0. The molecule has 1 aromatic carbocycles. The summed E-state index contributed by atoms with van der Waals surface area (Å²) in [7, 11) is 0. The van der Waals surface area contributed by atoms with Crippen molar-refractivity contribution < 1.29 is 13.9 Å². The Morgan fingerprint density at radius 1 is 1.33 bits per heavy atom. The van der Waals surface area contributed by atoms with Gasteiger partial charge in [0.15, 0.2) is 11.6 Å². The molecule has 0 amide bonds. The molecule has 1 rings (SSSR count). The van der Waals surface area contributed by atoms with Gasteiger partial charge in [-0.05, 0) is 17.7 Å². The van der Waals surface area contributed by atoms with Crippen LogP contribution in [-0.4, -0.2) is 11.7 Å². The van der Waals surface area contributed by atoms with Crippen molar-refractivity contribution in [1.29, 1.82) is 0 Å². The van der Waals surface area contributed by atoms with E-state index >= 15 is 0 Å². The summed E-state index contributed by atoms with van der Waals surface area (Å²) in [5.74, 6) is -1.82. The Balaban J connectivity index is 3.02. The van der Waals surface area contributed by atoms with Gasteiger partial charge in [0.25, 0.3) is 0 Å². The van der Waals surface area contributed by atoms with E-state index in [0.717, 1.165) is 12.1 Å². The molecule has 15 heavy (non-hydrogen) atoms. The summed E-state index contributed by atoms with van der Waals surface area (Å²) in [6.45, 7) is 3.41. The third-order valence-corrected chi connectivity index (χ3v) is 2.55. The fourth-order valence-corrected chi connectivity index (χ4v) is 1.26. The highest BCUT2D eigenvalue weighted by atomic mass is 19.2. The van der Waals surface area contributed by atoms with Gasteiger partial charge in [-0.2, -0.15) is 0 Å². The number of aliphatic hydroxyl groups is 1. The zero-order chi connectivity index (χ0) is 11.6. The van der Waals surface area contributed by atoms with E-state index in [4.69, 9.17) is 10.8 Å². The summed E-state index contributed by atoms with van der Waals surface area (Å²) in [4.78, 5) is 0. The minimum Gasteiger partial charge on any atom is -0.396 e. The van der Waals surface area contributed by atoms with Crippen LogP contribution >= 0.6 is 0 Å². The summed E-state index contributed by atoms with van der Waals surface area (Å²) in [5.41, 5.74) is 5.77. The van der Waals surface area contributed by atoms with E-state index in [9.17, 15) is 8.78 Å². The van der Waals surface area contributed by atoms with Gasteiger partial charge in [0.1, 0.15) is 0 Å². The smallest absolute Gasteiger partial charge is 0.159 e. The van der Waals surface area contributed by atoms with Crippen LogP contribution < -0.4 is 5.73 Å². The van der Waals surface area contributed by atoms with Gasteiger partial charge in [0.05, 0.1) is 0 Å². The molecule has 4 heteroatoms. The van der Waals surface area contributed by atoms with Gasteiger partial charge in [-0.3, -0.25) is 0 Å². The van der Waals surface area contributed by atoms with Crippen LogP contribution in [0.5, 0.6) is 0 Å². The number of aliphatic hydroxyl groups excluding tert-OH is 1. The van der Waals surface area contributed by atoms with Gasteiger partial charge in [-0.25, -0.2) is 8.78 Å². The predicted molar refractivity (Wildman–Crippen MR) is 54.2 cm³/mol. The molecule has 0 fully saturated rings. The SMILES string of the molecule is CC(C)(CO)[C@@H](N)c1ccc(F)c(F)c1. The van der Waals surface area contributed by atoms with Crippen LogP contribution in [0.4, 0.5) is 8.78 Å². The van der Waals surface area contributed by atoms with Crippen LogP contribution in [0.1, 0.15) is 25.5 Å². The first kappa shape index (κ1) is 12.1. The summed E-state index contributed by atoms with van der Waals surface area (Å²) < 4.78 is 25.6. The molecule has 3 N–H and O–H groups in total. The van der Waals surface area contributed by atoms with E-state index in [-0.39, 0.29) is 6.61 Å². The number of hydrogen-bond donors (Lipinski definition) is 2. The average Bonchev–Trinajstić information content (AvgIpc) is 2.21. The monoisotopic (exact) mass is 215 g/mol. The first-order chi connectivity index (χ1) is 6.88. The van der Waals surface area contributed by atoms with Crippen LogP contribution in [-0.2, 0) is 0 Å². The van der Waals surface area contributed by atoms with E-state index in [1.165, 1.54) is 6.07 Å². The van der Waals surface area contributed by atoms with Crippen LogP contribution in [0.15, 0.2) is 18.2 Å². The van der Waals surface area contributed by atoms with Crippen molar-refractivity contribution in [3.8, 4) is 0 Å². The van der Waals surface area contributed by atoms with Gasteiger partial charge in [-0.15, -0.1) is 0 Å². The fourth-order valence-electron chi connectivity index (χ4n) is 1.26. The van der Waals surface area contributed by atoms with Crippen molar-refractivity contribution in [2.75, 3.05) is 6.61 Å². The molecule has 1 atom stereocenters. The van der Waals surface area contributed by atoms with Crippen molar-refractivity contribution >= 4 is 0 Å². The van der Waals surface area contributed by atoms with Crippen molar-refractivity contribution in [1.82, 2.24) is 0 Å². The number of hydrogen-bond acceptors (Lipinski definition) is 2. The maximum atomic E-state index is 12.9. The lowest BCUT2D eigenvalue weighted by atomic mass is 9.82. The fraction of sp³-hybridized carbons (Fsp3) is 0.455. The Bertz CT molecular complexity index is 352. The lowest BCUT2D eigenvalue weighted by Gasteiger charge is -2.29. The Labute approximate surface area is 87.7 Å². The molecule has 2 nitrogen and oxygen atoms in total. The quantitative estimate of drug-likeness (QED) is 0.809. The topological polar surface area (TPSA) is 46.2 Å². The molecule has 0 aliphatic carbocycles. The number of benzene rings is 1. The zero-order valence-corrected chi connectivity index (χ0v) is 8.80. The molecule has 0 unspecified atom stereocenters. The standard InChI is InChI=1S/C11H15F2NO/c1-11(2,6-15)10(14)7-3-4-8(12)9(13)5-7/h3-5,10,15H,6,14H2,1-2H3/t10-/m0/s1. The van der Waals surface area contributed by atoms with Crippen LogP contribution in [0.25, 0.3) is 0 Å². The highest BCUT2D eigenvalue weighted by Gasteiger charge is 2.27. The molecular formula is C11H15F2NO. The van der Waals surface area contributed by atoms with E-state index in [1.807, 2.05) is 0 Å². The highest BCUT2D eigenvalue weighted by Crippen LogP contribution is 2.31. The molecule has 0 spiro atoms. The second-order valence-electron chi connectivity index (χ2n) is 4.30. The van der Waals surface area contributed by atoms with Crippen molar-refractivity contribution in [3.63, 3.8) is 0 Å². The Morgan fingerprint density at radius 3 is 2.40 bits per heavy atom. The van der Waals surface area contributed by atoms with Gasteiger partial charge < -0.3 is 10.8 Å². The molecule has 0 aliphatic rings. The summed E-state index contributed by atoms with van der Waals surface area (Å²) >= 11 is 0. The van der Waals surface area contributed by atoms with E-state index in [0.29, 0.717) is 5.56 Å². The summed E-state index contributed by atoms with van der Waals surface area (Å²) in [6, 6.07) is 3.01. The third kappa shape index (κ3) is 2.52. The molecule has 0 saturated carbocycles. The lowest BCUT2D eigenvalue weighted by Crippen LogP contribution is -2.32. The Kier molecular flexibility index (Phi) is 3.42. The number of halogens is 2. The van der Waals surface area contributed by atoms with Gasteiger partial charge in [0, 0.05) is 18.1 Å². The minimum absolute atomic E-state index is 0.118. The molecule has 0 saturated heterocycles. The average molecular weight is 215 g/mol. The van der Waals surface area contributed by atoms with E-state index in [1.54, 1.807) is 13.8 Å². The second kappa shape index (κ2) is 4.24. The minimum atomic E-state index is -0.920. The lowest BCUT2D eigenvalue weighted by molar-refractivity contribution is 0.132. The van der Waals surface area contributed by atoms with Crippen molar-refractivity contribution in [3.05, 3.63) is 35.4 Å². The molecule has 0 heterocycles. The maximum Gasteiger partial charge on any atom is 0.159 e. The first-order valence-corrected chi connectivity index (χ1v) is 4.70. The van der Waals surface area contributed by atoms with Crippen LogP contribution in [0, 0.1) is 17.0 Å². The maximum absolute atomic E-state index is 12.9. The van der Waals surface area contributed by atoms with Crippen molar-refractivity contribution in [2.45, 2.75) is 19.9 Å². The first-order valence-electron chi connectivity index (χ1n) is 4.70. The predicted octanol–water partition coefficient (Wildman–Crippen LogP) is 1.98. The molecule has 1 aromatic rings. The van der Waals surface area contributed by atoms with Gasteiger partial charge >= 0.3 is 0 Å². The number of nitrogens with two attached hydrogens (primary N) is 1. The van der Waals surface area contributed by atoms with Crippen LogP contribution in [0.3, 0.4) is 0 Å². The molecular weight excluding hydrogens is 200 g/mol. The normalized spacial score (nSPS) is 14.0. The third-order valence-electron chi connectivity index (χ3n) is 2.55. The second-order valence-corrected chi connectivity index (χ2v) is 4.30. The largest absolute Gasteiger partial charge is 0.396 e. The van der Waals surface area contributed by atoms with Crippen LogP contribution in [0.2, 0.25) is 0 Å². The number of rotatable bonds is 3. The molecule has 84 valence electrons. The summed E-state index contributed by atoms with van der Waals surface area (Å²) in [5, 5.41) is 9.10. The Hall–Kier alpha value is -1.00. The Morgan fingerprint density at radius 2 is 1.93 bits per heavy atom.